The largest absolute Gasteiger partial charge is 0.322 e. The van der Waals surface area contributed by atoms with E-state index >= 15 is 0 Å². The predicted molar refractivity (Wildman–Crippen MR) is 108 cm³/mol. The highest BCUT2D eigenvalue weighted by Gasteiger charge is 2.13. The van der Waals surface area contributed by atoms with Crippen LogP contribution in [0.3, 0.4) is 0 Å². The van der Waals surface area contributed by atoms with E-state index in [9.17, 15) is 13.2 Å². The summed E-state index contributed by atoms with van der Waals surface area (Å²) in [4.78, 5) is 12.6. The van der Waals surface area contributed by atoms with Crippen LogP contribution in [0.4, 0.5) is 5.69 Å². The first-order valence-electron chi connectivity index (χ1n) is 8.57. The van der Waals surface area contributed by atoms with Gasteiger partial charge in [-0.25, -0.2) is 8.42 Å². The summed E-state index contributed by atoms with van der Waals surface area (Å²) in [5.74, 6) is -0.391. The molecule has 27 heavy (non-hydrogen) atoms. The summed E-state index contributed by atoms with van der Waals surface area (Å²) in [6, 6.07) is 18.4. The molecule has 6 heteroatoms. The van der Waals surface area contributed by atoms with Gasteiger partial charge in [0.05, 0.1) is 5.75 Å². The van der Waals surface area contributed by atoms with Crippen molar-refractivity contribution < 1.29 is 13.2 Å². The second-order valence-corrected chi connectivity index (χ2v) is 8.82. The molecule has 0 aliphatic carbocycles. The molecule has 1 amide bonds. The van der Waals surface area contributed by atoms with Crippen LogP contribution in [0.15, 0.2) is 60.7 Å². The van der Waals surface area contributed by atoms with E-state index in [1.54, 1.807) is 36.4 Å². The second kappa shape index (κ2) is 7.40. The zero-order valence-corrected chi connectivity index (χ0v) is 16.4. The Labute approximate surface area is 159 Å². The molecule has 3 aromatic rings. The Morgan fingerprint density at radius 3 is 2.11 bits per heavy atom. The third kappa shape index (κ3) is 4.46. The SMILES string of the molecule is Cc1ccc(C)n1-c1ccc(C(=O)Nc2ccccc2CS(C)(=O)=O)cc1. The quantitative estimate of drug-likeness (QED) is 0.728. The van der Waals surface area contributed by atoms with Crippen LogP contribution in [0.25, 0.3) is 5.69 Å². The van der Waals surface area contributed by atoms with Crippen LogP contribution in [0.5, 0.6) is 0 Å². The van der Waals surface area contributed by atoms with Crippen LogP contribution in [-0.4, -0.2) is 25.1 Å². The zero-order valence-electron chi connectivity index (χ0n) is 15.6. The van der Waals surface area contributed by atoms with Gasteiger partial charge >= 0.3 is 0 Å². The average molecular weight is 382 g/mol. The molecule has 1 N–H and O–H groups in total. The third-order valence-electron chi connectivity index (χ3n) is 4.34. The number of hydrogen-bond acceptors (Lipinski definition) is 3. The fourth-order valence-electron chi connectivity index (χ4n) is 3.08. The molecule has 2 aromatic carbocycles. The molecule has 5 nitrogen and oxygen atoms in total. The van der Waals surface area contributed by atoms with E-state index in [0.717, 1.165) is 17.1 Å². The van der Waals surface area contributed by atoms with E-state index in [-0.39, 0.29) is 11.7 Å². The lowest BCUT2D eigenvalue weighted by molar-refractivity contribution is 0.102. The summed E-state index contributed by atoms with van der Waals surface area (Å²) >= 11 is 0. The van der Waals surface area contributed by atoms with Crippen LogP contribution >= 0.6 is 0 Å². The van der Waals surface area contributed by atoms with Crippen molar-refractivity contribution in [1.29, 1.82) is 0 Å². The first-order valence-corrected chi connectivity index (χ1v) is 10.6. The van der Waals surface area contributed by atoms with Gasteiger partial charge < -0.3 is 9.88 Å². The van der Waals surface area contributed by atoms with E-state index in [2.05, 4.69) is 22.0 Å². The number of carbonyl (C=O) groups is 1. The van der Waals surface area contributed by atoms with Gasteiger partial charge in [0.25, 0.3) is 5.91 Å². The maximum Gasteiger partial charge on any atom is 0.255 e. The molecule has 0 atom stereocenters. The van der Waals surface area contributed by atoms with Gasteiger partial charge in [-0.2, -0.15) is 0 Å². The van der Waals surface area contributed by atoms with Gasteiger partial charge in [-0.3, -0.25) is 4.79 Å². The molecule has 0 unspecified atom stereocenters. The Hall–Kier alpha value is -2.86. The Bertz CT molecular complexity index is 1060. The number of nitrogens with zero attached hydrogens (tertiary/aromatic N) is 1. The monoisotopic (exact) mass is 382 g/mol. The molecule has 1 heterocycles. The Balaban J connectivity index is 1.82. The summed E-state index contributed by atoms with van der Waals surface area (Å²) in [5, 5.41) is 2.82. The minimum atomic E-state index is -3.19. The number of aromatic nitrogens is 1. The highest BCUT2D eigenvalue weighted by molar-refractivity contribution is 7.89. The topological polar surface area (TPSA) is 68.2 Å². The van der Waals surface area contributed by atoms with Crippen molar-refractivity contribution in [3.8, 4) is 5.69 Å². The second-order valence-electron chi connectivity index (χ2n) is 6.68. The summed E-state index contributed by atoms with van der Waals surface area (Å²) in [6.45, 7) is 4.07. The van der Waals surface area contributed by atoms with Gasteiger partial charge in [-0.05, 0) is 61.9 Å². The highest BCUT2D eigenvalue weighted by Crippen LogP contribution is 2.20. The fraction of sp³-hybridized carbons (Fsp3) is 0.190. The standard InChI is InChI=1S/C21H22N2O3S/c1-15-8-9-16(2)23(15)19-12-10-17(11-13-19)21(24)22-20-7-5-4-6-18(20)14-27(3,25)26/h4-13H,14H2,1-3H3,(H,22,24). The number of nitrogens with one attached hydrogen (secondary N) is 1. The molecule has 0 saturated carbocycles. The number of aryl methyl sites for hydroxylation is 2. The van der Waals surface area contributed by atoms with Crippen molar-refractivity contribution in [2.45, 2.75) is 19.6 Å². The van der Waals surface area contributed by atoms with Gasteiger partial charge in [-0.15, -0.1) is 0 Å². The van der Waals surface area contributed by atoms with E-state index < -0.39 is 9.84 Å². The lowest BCUT2D eigenvalue weighted by atomic mass is 10.1. The first kappa shape index (κ1) is 18.9. The Kier molecular flexibility index (Phi) is 5.19. The Morgan fingerprint density at radius 1 is 0.926 bits per heavy atom. The first-order chi connectivity index (χ1) is 12.7. The number of amides is 1. The van der Waals surface area contributed by atoms with Crippen molar-refractivity contribution in [1.82, 2.24) is 4.57 Å². The summed E-state index contributed by atoms with van der Waals surface area (Å²) in [5.41, 5.74) is 4.83. The van der Waals surface area contributed by atoms with Crippen molar-refractivity contribution in [3.05, 3.63) is 83.2 Å². The fourth-order valence-corrected chi connectivity index (χ4v) is 3.90. The molecule has 140 valence electrons. The molecule has 0 saturated heterocycles. The van der Waals surface area contributed by atoms with Gasteiger partial charge in [-0.1, -0.05) is 18.2 Å². The minimum absolute atomic E-state index is 0.116. The van der Waals surface area contributed by atoms with Crippen LogP contribution in [0.2, 0.25) is 0 Å². The summed E-state index contributed by atoms with van der Waals surface area (Å²) < 4.78 is 25.3. The van der Waals surface area contributed by atoms with Crippen LogP contribution in [0.1, 0.15) is 27.3 Å². The van der Waals surface area contributed by atoms with Crippen LogP contribution in [0, 0.1) is 13.8 Å². The number of carbonyl (C=O) groups excluding carboxylic acids is 1. The van der Waals surface area contributed by atoms with Crippen molar-refractivity contribution in [3.63, 3.8) is 0 Å². The van der Waals surface area contributed by atoms with Crippen molar-refractivity contribution in [2.75, 3.05) is 11.6 Å². The molecule has 0 fully saturated rings. The number of anilines is 1. The van der Waals surface area contributed by atoms with E-state index in [0.29, 0.717) is 16.8 Å². The number of sulfone groups is 1. The number of hydrogen-bond donors (Lipinski definition) is 1. The highest BCUT2D eigenvalue weighted by atomic mass is 32.2. The number of rotatable bonds is 5. The molecular weight excluding hydrogens is 360 g/mol. The van der Waals surface area contributed by atoms with Gasteiger partial charge in [0, 0.05) is 34.6 Å². The van der Waals surface area contributed by atoms with Crippen LogP contribution < -0.4 is 5.32 Å². The summed E-state index contributed by atoms with van der Waals surface area (Å²) in [7, 11) is -3.19. The molecule has 0 aliphatic rings. The average Bonchev–Trinajstić information content (AvgIpc) is 2.94. The Morgan fingerprint density at radius 2 is 1.52 bits per heavy atom. The third-order valence-corrected chi connectivity index (χ3v) is 5.18. The van der Waals surface area contributed by atoms with Gasteiger partial charge in [0.15, 0.2) is 9.84 Å². The summed E-state index contributed by atoms with van der Waals surface area (Å²) in [6.07, 6.45) is 1.18. The zero-order chi connectivity index (χ0) is 19.6. The molecule has 0 radical (unpaired) electrons. The predicted octanol–water partition coefficient (Wildman–Crippen LogP) is 3.89. The smallest absolute Gasteiger partial charge is 0.255 e. The van der Waals surface area contributed by atoms with Crippen molar-refractivity contribution in [2.24, 2.45) is 0 Å². The number of para-hydroxylation sites is 1. The lowest BCUT2D eigenvalue weighted by Crippen LogP contribution is -2.14. The van der Waals surface area contributed by atoms with E-state index in [4.69, 9.17) is 0 Å². The molecule has 3 rings (SSSR count). The molecule has 1 aromatic heterocycles. The normalized spacial score (nSPS) is 11.4. The van der Waals surface area contributed by atoms with E-state index in [1.165, 1.54) is 6.26 Å². The van der Waals surface area contributed by atoms with Gasteiger partial charge in [0.1, 0.15) is 0 Å². The number of benzene rings is 2. The molecular formula is C21H22N2O3S. The van der Waals surface area contributed by atoms with Crippen molar-refractivity contribution >= 4 is 21.4 Å². The maximum atomic E-state index is 12.6. The molecule has 0 aliphatic heterocycles. The lowest BCUT2D eigenvalue weighted by Gasteiger charge is -2.12. The van der Waals surface area contributed by atoms with Gasteiger partial charge in [0.2, 0.25) is 0 Å². The van der Waals surface area contributed by atoms with Crippen LogP contribution in [-0.2, 0) is 15.6 Å². The maximum absolute atomic E-state index is 12.6. The molecule has 0 spiro atoms. The van der Waals surface area contributed by atoms with E-state index in [1.807, 2.05) is 26.0 Å². The molecule has 0 bridgehead atoms. The minimum Gasteiger partial charge on any atom is -0.322 e.